The lowest BCUT2D eigenvalue weighted by atomic mass is 10.1. The van der Waals surface area contributed by atoms with Gasteiger partial charge in [0.1, 0.15) is 5.82 Å². The Bertz CT molecular complexity index is 364. The number of hydrogen-bond acceptors (Lipinski definition) is 2. The molecule has 1 saturated heterocycles. The summed E-state index contributed by atoms with van der Waals surface area (Å²) in [5, 5.41) is 3.35. The van der Waals surface area contributed by atoms with E-state index in [4.69, 9.17) is 0 Å². The van der Waals surface area contributed by atoms with Crippen LogP contribution in [0.3, 0.4) is 0 Å². The number of rotatable bonds is 0. The van der Waals surface area contributed by atoms with Crippen LogP contribution in [-0.2, 0) is 0 Å². The molecule has 14 heavy (non-hydrogen) atoms. The fourth-order valence-electron chi connectivity index (χ4n) is 2.48. The molecule has 1 unspecified atom stereocenters. The quantitative estimate of drug-likeness (QED) is 0.678. The Kier molecular flexibility index (Phi) is 1.66. The third kappa shape index (κ3) is 1.08. The number of nitrogens with zero attached hydrogens (tertiary/aromatic N) is 1. The Morgan fingerprint density at radius 3 is 3.29 bits per heavy atom. The van der Waals surface area contributed by atoms with Gasteiger partial charge in [0.15, 0.2) is 0 Å². The molecule has 1 fully saturated rings. The molecule has 1 aromatic rings. The summed E-state index contributed by atoms with van der Waals surface area (Å²) in [6, 6.07) is 5.56. The van der Waals surface area contributed by atoms with Crippen molar-refractivity contribution in [2.45, 2.75) is 18.9 Å². The van der Waals surface area contributed by atoms with Crippen LogP contribution in [0.4, 0.5) is 15.8 Å². The van der Waals surface area contributed by atoms with Crippen molar-refractivity contribution < 1.29 is 4.39 Å². The fourth-order valence-corrected chi connectivity index (χ4v) is 2.48. The van der Waals surface area contributed by atoms with Crippen molar-refractivity contribution in [1.82, 2.24) is 0 Å². The first-order valence-corrected chi connectivity index (χ1v) is 5.15. The molecule has 2 aliphatic rings. The topological polar surface area (TPSA) is 15.3 Å². The molecular weight excluding hydrogens is 179 g/mol. The highest BCUT2D eigenvalue weighted by molar-refractivity contribution is 5.73. The van der Waals surface area contributed by atoms with Crippen molar-refractivity contribution in [2.75, 3.05) is 23.3 Å². The van der Waals surface area contributed by atoms with Crippen molar-refractivity contribution >= 4 is 11.4 Å². The van der Waals surface area contributed by atoms with Crippen molar-refractivity contribution in [3.8, 4) is 0 Å². The maximum atomic E-state index is 13.1. The summed E-state index contributed by atoms with van der Waals surface area (Å²) < 4.78 is 13.1. The lowest BCUT2D eigenvalue weighted by Crippen LogP contribution is -2.39. The predicted octanol–water partition coefficient (Wildman–Crippen LogP) is 2.22. The van der Waals surface area contributed by atoms with Gasteiger partial charge in [0.25, 0.3) is 0 Å². The van der Waals surface area contributed by atoms with Gasteiger partial charge >= 0.3 is 0 Å². The molecule has 1 aromatic carbocycles. The molecule has 2 heterocycles. The van der Waals surface area contributed by atoms with Crippen molar-refractivity contribution in [2.24, 2.45) is 0 Å². The van der Waals surface area contributed by atoms with Crippen LogP contribution in [0.15, 0.2) is 18.2 Å². The maximum Gasteiger partial charge on any atom is 0.125 e. The molecule has 0 spiro atoms. The van der Waals surface area contributed by atoms with E-state index in [0.29, 0.717) is 6.04 Å². The van der Waals surface area contributed by atoms with Crippen LogP contribution in [0, 0.1) is 5.82 Å². The molecule has 2 aliphatic heterocycles. The average molecular weight is 192 g/mol. The monoisotopic (exact) mass is 192 g/mol. The average Bonchev–Trinajstić information content (AvgIpc) is 2.65. The lowest BCUT2D eigenvalue weighted by Gasteiger charge is -2.34. The second-order valence-corrected chi connectivity index (χ2v) is 4.03. The number of hydrogen-bond donors (Lipinski definition) is 1. The van der Waals surface area contributed by atoms with E-state index < -0.39 is 0 Å². The van der Waals surface area contributed by atoms with Crippen LogP contribution < -0.4 is 10.2 Å². The summed E-state index contributed by atoms with van der Waals surface area (Å²) >= 11 is 0. The molecule has 0 radical (unpaired) electrons. The summed E-state index contributed by atoms with van der Waals surface area (Å²) in [4.78, 5) is 2.33. The van der Waals surface area contributed by atoms with Gasteiger partial charge in [-0.2, -0.15) is 0 Å². The van der Waals surface area contributed by atoms with Crippen molar-refractivity contribution in [1.29, 1.82) is 0 Å². The van der Waals surface area contributed by atoms with Gasteiger partial charge in [-0.25, -0.2) is 4.39 Å². The van der Waals surface area contributed by atoms with E-state index in [9.17, 15) is 4.39 Å². The van der Waals surface area contributed by atoms with Crippen molar-refractivity contribution in [3.05, 3.63) is 24.0 Å². The molecule has 0 aromatic heterocycles. The predicted molar refractivity (Wildman–Crippen MR) is 55.3 cm³/mol. The zero-order chi connectivity index (χ0) is 9.54. The van der Waals surface area contributed by atoms with E-state index in [-0.39, 0.29) is 5.82 Å². The van der Waals surface area contributed by atoms with E-state index in [1.165, 1.54) is 18.9 Å². The Morgan fingerprint density at radius 2 is 2.36 bits per heavy atom. The molecule has 1 atom stereocenters. The number of halogens is 1. The first kappa shape index (κ1) is 8.09. The highest BCUT2D eigenvalue weighted by Gasteiger charge is 2.29. The zero-order valence-electron chi connectivity index (χ0n) is 7.96. The van der Waals surface area contributed by atoms with E-state index in [1.54, 1.807) is 6.07 Å². The van der Waals surface area contributed by atoms with Gasteiger partial charge in [-0.1, -0.05) is 0 Å². The highest BCUT2D eigenvalue weighted by atomic mass is 19.1. The number of benzene rings is 1. The standard InChI is InChI=1S/C11H13FN2/c12-8-3-4-10-11(6-8)14-5-1-2-9(14)7-13-10/h3-4,6,9,13H,1-2,5,7H2. The molecule has 3 rings (SSSR count). The van der Waals surface area contributed by atoms with Gasteiger partial charge in [-0.3, -0.25) is 0 Å². The Hall–Kier alpha value is -1.25. The van der Waals surface area contributed by atoms with E-state index >= 15 is 0 Å². The third-order valence-electron chi connectivity index (χ3n) is 3.17. The number of anilines is 2. The third-order valence-corrected chi connectivity index (χ3v) is 3.17. The van der Waals surface area contributed by atoms with E-state index in [2.05, 4.69) is 10.2 Å². The first-order chi connectivity index (χ1) is 6.84. The molecule has 2 nitrogen and oxygen atoms in total. The molecule has 0 saturated carbocycles. The minimum atomic E-state index is -0.141. The van der Waals surface area contributed by atoms with Crippen LogP contribution >= 0.6 is 0 Å². The summed E-state index contributed by atoms with van der Waals surface area (Å²) in [5.41, 5.74) is 2.11. The number of nitrogens with one attached hydrogen (secondary N) is 1. The smallest absolute Gasteiger partial charge is 0.125 e. The Balaban J connectivity index is 2.07. The van der Waals surface area contributed by atoms with Crippen LogP contribution in [-0.4, -0.2) is 19.1 Å². The minimum Gasteiger partial charge on any atom is -0.381 e. The lowest BCUT2D eigenvalue weighted by molar-refractivity contribution is 0.622. The van der Waals surface area contributed by atoms with E-state index in [1.807, 2.05) is 6.07 Å². The van der Waals surface area contributed by atoms with Crippen LogP contribution in [0.25, 0.3) is 0 Å². The highest BCUT2D eigenvalue weighted by Crippen LogP contribution is 2.36. The number of fused-ring (bicyclic) bond motifs is 3. The summed E-state index contributed by atoms with van der Waals surface area (Å²) in [5.74, 6) is -0.141. The van der Waals surface area contributed by atoms with Crippen LogP contribution in [0.2, 0.25) is 0 Å². The van der Waals surface area contributed by atoms with E-state index in [0.717, 1.165) is 24.5 Å². The molecule has 3 heteroatoms. The summed E-state index contributed by atoms with van der Waals surface area (Å²) in [7, 11) is 0. The second-order valence-electron chi connectivity index (χ2n) is 4.03. The second kappa shape index (κ2) is 2.87. The minimum absolute atomic E-state index is 0.141. The van der Waals surface area contributed by atoms with Crippen molar-refractivity contribution in [3.63, 3.8) is 0 Å². The van der Waals surface area contributed by atoms with Gasteiger partial charge in [0.2, 0.25) is 0 Å². The van der Waals surface area contributed by atoms with Crippen LogP contribution in [0.5, 0.6) is 0 Å². The first-order valence-electron chi connectivity index (χ1n) is 5.15. The largest absolute Gasteiger partial charge is 0.381 e. The molecular formula is C11H13FN2. The SMILES string of the molecule is Fc1ccc2c(c1)N1CCCC1CN2. The zero-order valence-corrected chi connectivity index (χ0v) is 7.96. The maximum absolute atomic E-state index is 13.1. The van der Waals surface area contributed by atoms with Gasteiger partial charge in [0, 0.05) is 19.1 Å². The summed E-state index contributed by atoms with van der Waals surface area (Å²) in [6.45, 7) is 2.07. The Labute approximate surface area is 82.7 Å². The molecule has 0 amide bonds. The molecule has 1 N–H and O–H groups in total. The fraction of sp³-hybridized carbons (Fsp3) is 0.455. The van der Waals surface area contributed by atoms with Crippen LogP contribution in [0.1, 0.15) is 12.8 Å². The molecule has 74 valence electrons. The molecule has 0 aliphatic carbocycles. The van der Waals surface area contributed by atoms with Gasteiger partial charge in [-0.15, -0.1) is 0 Å². The normalized spacial score (nSPS) is 24.1. The van der Waals surface area contributed by atoms with Gasteiger partial charge < -0.3 is 10.2 Å². The Morgan fingerprint density at radius 1 is 1.43 bits per heavy atom. The van der Waals surface area contributed by atoms with Gasteiger partial charge in [-0.05, 0) is 31.0 Å². The molecule has 0 bridgehead atoms. The summed E-state index contributed by atoms with van der Waals surface area (Å²) in [6.07, 6.45) is 2.45. The van der Waals surface area contributed by atoms with Gasteiger partial charge in [0.05, 0.1) is 11.4 Å².